The maximum atomic E-state index is 13.8. The molecule has 37 heavy (non-hydrogen) atoms. The Hall–Kier alpha value is -4.67. The highest BCUT2D eigenvalue weighted by molar-refractivity contribution is 5.98. The number of halogens is 1. The number of nitrogen functional groups attached to an aromatic ring is 1. The van der Waals surface area contributed by atoms with Crippen molar-refractivity contribution in [1.82, 2.24) is 34.9 Å². The molecule has 1 aliphatic rings. The number of piperidine rings is 1. The number of amides is 2. The van der Waals surface area contributed by atoms with E-state index < -0.39 is 11.7 Å². The molecule has 1 unspecified atom stereocenters. The Kier molecular flexibility index (Phi) is 6.59. The lowest BCUT2D eigenvalue weighted by Gasteiger charge is -2.32. The fourth-order valence-electron chi connectivity index (χ4n) is 4.54. The van der Waals surface area contributed by atoms with Gasteiger partial charge in [-0.2, -0.15) is 5.10 Å². The normalized spacial score (nSPS) is 15.5. The van der Waals surface area contributed by atoms with E-state index in [1.807, 2.05) is 28.9 Å². The Labute approximate surface area is 212 Å². The lowest BCUT2D eigenvalue weighted by molar-refractivity contribution is -0.127. The van der Waals surface area contributed by atoms with Crippen LogP contribution >= 0.6 is 0 Å². The Morgan fingerprint density at radius 3 is 2.76 bits per heavy atom. The van der Waals surface area contributed by atoms with Gasteiger partial charge in [-0.1, -0.05) is 30.8 Å². The second-order valence-corrected chi connectivity index (χ2v) is 8.75. The lowest BCUT2D eigenvalue weighted by atomic mass is 10.1. The molecule has 10 nitrogen and oxygen atoms in total. The van der Waals surface area contributed by atoms with Crippen LogP contribution in [0.25, 0.3) is 22.3 Å². The highest BCUT2D eigenvalue weighted by atomic mass is 19.1. The second kappa shape index (κ2) is 10.1. The van der Waals surface area contributed by atoms with E-state index in [1.165, 1.54) is 30.7 Å². The number of likely N-dealkylation sites (tertiary alicyclic amines) is 1. The topological polar surface area (TPSA) is 132 Å². The number of carbonyl (C=O) groups excluding carboxylic acids is 2. The summed E-state index contributed by atoms with van der Waals surface area (Å²) in [7, 11) is 0. The molecule has 4 aromatic rings. The van der Waals surface area contributed by atoms with Crippen LogP contribution in [0.2, 0.25) is 0 Å². The highest BCUT2D eigenvalue weighted by Gasteiger charge is 2.28. The van der Waals surface area contributed by atoms with E-state index in [4.69, 9.17) is 10.8 Å². The predicted octanol–water partition coefficient (Wildman–Crippen LogP) is 2.89. The van der Waals surface area contributed by atoms with E-state index in [0.29, 0.717) is 35.6 Å². The van der Waals surface area contributed by atoms with Crippen LogP contribution in [0.5, 0.6) is 0 Å². The van der Waals surface area contributed by atoms with E-state index in [1.54, 1.807) is 4.90 Å². The Morgan fingerprint density at radius 1 is 1.19 bits per heavy atom. The monoisotopic (exact) mass is 500 g/mol. The van der Waals surface area contributed by atoms with Crippen molar-refractivity contribution < 1.29 is 14.0 Å². The standard InChI is InChI=1S/C26H25FN8O2/c1-2-20(36)34-12-4-5-18(14-34)35-25-21(24(28)31-15-32-25)22(33-35)17-9-7-16(8-10-17)13-30-26(37)23-19(27)6-3-11-29-23/h2-3,6-11,15,18H,1,4-5,12-14H2,(H,30,37)(H2,28,31,32). The number of hydrogen-bond donors (Lipinski definition) is 2. The summed E-state index contributed by atoms with van der Waals surface area (Å²) < 4.78 is 15.6. The molecule has 0 saturated carbocycles. The van der Waals surface area contributed by atoms with Crippen LogP contribution in [0.4, 0.5) is 10.2 Å². The Balaban J connectivity index is 1.40. The quantitative estimate of drug-likeness (QED) is 0.389. The fourth-order valence-corrected chi connectivity index (χ4v) is 4.54. The summed E-state index contributed by atoms with van der Waals surface area (Å²) in [5.74, 6) is -1.06. The largest absolute Gasteiger partial charge is 0.383 e. The zero-order chi connectivity index (χ0) is 25.9. The molecule has 11 heteroatoms. The Bertz CT molecular complexity index is 1480. The number of benzene rings is 1. The summed E-state index contributed by atoms with van der Waals surface area (Å²) in [5, 5.41) is 8.19. The second-order valence-electron chi connectivity index (χ2n) is 8.75. The van der Waals surface area contributed by atoms with Crippen LogP contribution in [-0.4, -0.2) is 54.5 Å². The van der Waals surface area contributed by atoms with Gasteiger partial charge in [0, 0.05) is 31.4 Å². The average Bonchev–Trinajstić information content (AvgIpc) is 3.33. The van der Waals surface area contributed by atoms with Crippen molar-refractivity contribution in [2.24, 2.45) is 0 Å². The van der Waals surface area contributed by atoms with Crippen molar-refractivity contribution in [2.75, 3.05) is 18.8 Å². The number of anilines is 1. The van der Waals surface area contributed by atoms with Gasteiger partial charge in [0.2, 0.25) is 5.91 Å². The van der Waals surface area contributed by atoms with Crippen molar-refractivity contribution in [3.8, 4) is 11.3 Å². The summed E-state index contributed by atoms with van der Waals surface area (Å²) in [5.41, 5.74) is 8.84. The molecule has 3 aromatic heterocycles. The number of nitrogens with two attached hydrogens (primary N) is 1. The molecule has 0 bridgehead atoms. The third-order valence-corrected chi connectivity index (χ3v) is 6.40. The Morgan fingerprint density at radius 2 is 2.00 bits per heavy atom. The molecule has 0 aliphatic carbocycles. The van der Waals surface area contributed by atoms with Gasteiger partial charge in [0.25, 0.3) is 5.91 Å². The first kappa shape index (κ1) is 24.0. The van der Waals surface area contributed by atoms with Gasteiger partial charge in [-0.15, -0.1) is 0 Å². The lowest BCUT2D eigenvalue weighted by Crippen LogP contribution is -2.40. The number of pyridine rings is 1. The van der Waals surface area contributed by atoms with Crippen molar-refractivity contribution in [2.45, 2.75) is 25.4 Å². The van der Waals surface area contributed by atoms with Crippen molar-refractivity contribution in [1.29, 1.82) is 0 Å². The van der Waals surface area contributed by atoms with Gasteiger partial charge in [0.15, 0.2) is 17.2 Å². The van der Waals surface area contributed by atoms with Crippen LogP contribution in [0.1, 0.15) is 34.9 Å². The third kappa shape index (κ3) is 4.75. The number of fused-ring (bicyclic) bond motifs is 1. The van der Waals surface area contributed by atoms with Crippen molar-refractivity contribution in [3.63, 3.8) is 0 Å². The summed E-state index contributed by atoms with van der Waals surface area (Å²) in [4.78, 5) is 38.6. The first-order valence-electron chi connectivity index (χ1n) is 11.8. The molecule has 1 aliphatic heterocycles. The van der Waals surface area contributed by atoms with Gasteiger partial charge < -0.3 is 16.0 Å². The number of aromatic nitrogens is 5. The number of nitrogens with one attached hydrogen (secondary N) is 1. The van der Waals surface area contributed by atoms with E-state index in [0.717, 1.165) is 24.0 Å². The smallest absolute Gasteiger partial charge is 0.273 e. The minimum absolute atomic E-state index is 0.0651. The molecule has 1 aromatic carbocycles. The number of nitrogens with zero attached hydrogens (tertiary/aromatic N) is 6. The SMILES string of the molecule is C=CC(=O)N1CCCC(n2nc(-c3ccc(CNC(=O)c4ncccc4F)cc3)c3c(N)ncnc32)C1. The first-order chi connectivity index (χ1) is 18.0. The third-order valence-electron chi connectivity index (χ3n) is 6.40. The van der Waals surface area contributed by atoms with Crippen molar-refractivity contribution >= 4 is 28.7 Å². The fraction of sp³-hybridized carbons (Fsp3) is 0.231. The molecule has 1 saturated heterocycles. The molecule has 188 valence electrons. The maximum Gasteiger partial charge on any atom is 0.273 e. The van der Waals surface area contributed by atoms with Gasteiger partial charge in [-0.25, -0.2) is 24.0 Å². The van der Waals surface area contributed by atoms with Crippen molar-refractivity contribution in [3.05, 3.63) is 78.7 Å². The van der Waals surface area contributed by atoms with Crippen LogP contribution in [-0.2, 0) is 11.3 Å². The van der Waals surface area contributed by atoms with Gasteiger partial charge in [0.1, 0.15) is 17.8 Å². The number of rotatable bonds is 6. The molecule has 1 fully saturated rings. The van der Waals surface area contributed by atoms with E-state index in [-0.39, 0.29) is 24.2 Å². The number of hydrogen-bond acceptors (Lipinski definition) is 7. The van der Waals surface area contributed by atoms with Crippen LogP contribution in [0.3, 0.4) is 0 Å². The van der Waals surface area contributed by atoms with Gasteiger partial charge in [0.05, 0.1) is 11.4 Å². The molecule has 2 amide bonds. The van der Waals surface area contributed by atoms with E-state index in [9.17, 15) is 14.0 Å². The molecular formula is C26H25FN8O2. The molecule has 5 rings (SSSR count). The zero-order valence-electron chi connectivity index (χ0n) is 20.0. The van der Waals surface area contributed by atoms with E-state index in [2.05, 4.69) is 26.8 Å². The summed E-state index contributed by atoms with van der Waals surface area (Å²) in [6, 6.07) is 9.99. The van der Waals surface area contributed by atoms with Crippen LogP contribution in [0.15, 0.2) is 61.6 Å². The summed E-state index contributed by atoms with van der Waals surface area (Å²) >= 11 is 0. The highest BCUT2D eigenvalue weighted by Crippen LogP contribution is 2.33. The molecule has 3 N–H and O–H groups in total. The molecule has 0 spiro atoms. The minimum Gasteiger partial charge on any atom is -0.383 e. The molecule has 1 atom stereocenters. The molecular weight excluding hydrogens is 475 g/mol. The predicted molar refractivity (Wildman–Crippen MR) is 136 cm³/mol. The minimum atomic E-state index is -0.674. The number of carbonyl (C=O) groups is 2. The molecule has 4 heterocycles. The maximum absolute atomic E-state index is 13.8. The zero-order valence-corrected chi connectivity index (χ0v) is 20.0. The first-order valence-corrected chi connectivity index (χ1v) is 11.8. The van der Waals surface area contributed by atoms with Crippen LogP contribution < -0.4 is 11.1 Å². The van der Waals surface area contributed by atoms with Gasteiger partial charge in [-0.05, 0) is 36.6 Å². The summed E-state index contributed by atoms with van der Waals surface area (Å²) in [6.45, 7) is 4.97. The summed E-state index contributed by atoms with van der Waals surface area (Å²) in [6.07, 6.45) is 5.78. The van der Waals surface area contributed by atoms with Gasteiger partial charge in [-0.3, -0.25) is 9.59 Å². The average molecular weight is 501 g/mol. The van der Waals surface area contributed by atoms with E-state index >= 15 is 0 Å². The van der Waals surface area contributed by atoms with Crippen LogP contribution in [0, 0.1) is 5.82 Å². The molecule has 0 radical (unpaired) electrons. The van der Waals surface area contributed by atoms with Gasteiger partial charge >= 0.3 is 0 Å².